The Hall–Kier alpha value is -3.86. The second-order valence-electron chi connectivity index (χ2n) is 8.46. The maximum atomic E-state index is 14.2. The number of aliphatic hydroxyl groups is 1. The Morgan fingerprint density at radius 2 is 1.97 bits per heavy atom. The molecular formula is C22H24FN7O3. The van der Waals surface area contributed by atoms with E-state index in [1.54, 1.807) is 58.0 Å². The Bertz CT molecular complexity index is 1310. The number of para-hydroxylation sites is 1. The second-order valence-corrected chi connectivity index (χ2v) is 8.46. The Kier molecular flexibility index (Phi) is 5.58. The first kappa shape index (κ1) is 22.3. The van der Waals surface area contributed by atoms with Crippen molar-refractivity contribution in [1.82, 2.24) is 29.6 Å². The summed E-state index contributed by atoms with van der Waals surface area (Å²) in [6.45, 7) is 7.05. The molecule has 0 bridgehead atoms. The van der Waals surface area contributed by atoms with Gasteiger partial charge in [0.15, 0.2) is 11.4 Å². The molecule has 4 aromatic rings. The molecule has 10 nitrogen and oxygen atoms in total. The van der Waals surface area contributed by atoms with Crippen LogP contribution in [-0.2, 0) is 10.3 Å². The maximum absolute atomic E-state index is 14.2. The molecule has 0 aliphatic rings. The highest BCUT2D eigenvalue weighted by Gasteiger charge is 2.36. The molecule has 0 spiro atoms. The number of nitrogens with one attached hydrogen (secondary N) is 1. The van der Waals surface area contributed by atoms with Crippen LogP contribution in [0.1, 0.15) is 45.5 Å². The van der Waals surface area contributed by atoms with Gasteiger partial charge in [-0.2, -0.15) is 5.10 Å². The summed E-state index contributed by atoms with van der Waals surface area (Å²) in [5.41, 5.74) is -1.00. The number of aromatic nitrogens is 6. The van der Waals surface area contributed by atoms with Gasteiger partial charge in [-0.15, -0.1) is 5.10 Å². The first-order valence-electron chi connectivity index (χ1n) is 10.4. The summed E-state index contributed by atoms with van der Waals surface area (Å²) in [5.74, 6) is -0.244. The lowest BCUT2D eigenvalue weighted by molar-refractivity contribution is 0.0635. The normalized spacial score (nSPS) is 13.6. The third-order valence-corrected chi connectivity index (χ3v) is 5.02. The topological polar surface area (TPSA) is 119 Å². The van der Waals surface area contributed by atoms with Crippen molar-refractivity contribution in [2.24, 2.45) is 0 Å². The largest absolute Gasteiger partial charge is 0.444 e. The van der Waals surface area contributed by atoms with Crippen molar-refractivity contribution in [3.8, 4) is 5.69 Å². The van der Waals surface area contributed by atoms with Crippen molar-refractivity contribution in [3.05, 3.63) is 66.1 Å². The average Bonchev–Trinajstić information content (AvgIpc) is 3.41. The van der Waals surface area contributed by atoms with Gasteiger partial charge < -0.3 is 9.84 Å². The standard InChI is InChI=1S/C22H24FN7O3/c1-5-22(32,17-12-29(28-27-17)15-9-7-6-8-14(15)23)18-11-10-16-19(24-13-25-30(16)18)26-20(31)33-21(2,3)4/h6-13,32H,5H2,1-4H3,(H,24,25,26,31). The summed E-state index contributed by atoms with van der Waals surface area (Å²) in [6, 6.07) is 9.48. The lowest BCUT2D eigenvalue weighted by atomic mass is 9.93. The number of benzene rings is 1. The van der Waals surface area contributed by atoms with Gasteiger partial charge in [-0.25, -0.2) is 23.4 Å². The van der Waals surface area contributed by atoms with Crippen LogP contribution in [0.15, 0.2) is 48.9 Å². The highest BCUT2D eigenvalue weighted by molar-refractivity contribution is 5.89. The van der Waals surface area contributed by atoms with Crippen LogP contribution in [0.4, 0.5) is 15.0 Å². The fraction of sp³-hybridized carbons (Fsp3) is 0.318. The van der Waals surface area contributed by atoms with Gasteiger partial charge in [0, 0.05) is 0 Å². The quantitative estimate of drug-likeness (QED) is 0.475. The Balaban J connectivity index is 1.72. The molecule has 1 aromatic carbocycles. The zero-order valence-corrected chi connectivity index (χ0v) is 18.7. The predicted octanol–water partition coefficient (Wildman–Crippen LogP) is 3.44. The van der Waals surface area contributed by atoms with Crippen molar-refractivity contribution >= 4 is 17.4 Å². The highest BCUT2D eigenvalue weighted by atomic mass is 19.1. The zero-order chi connectivity index (χ0) is 23.8. The van der Waals surface area contributed by atoms with E-state index in [1.807, 2.05) is 0 Å². The van der Waals surface area contributed by atoms with Crippen LogP contribution in [-0.4, -0.2) is 46.4 Å². The number of fused-ring (bicyclic) bond motifs is 1. The van der Waals surface area contributed by atoms with Gasteiger partial charge in [0.1, 0.15) is 34.6 Å². The monoisotopic (exact) mass is 453 g/mol. The molecular weight excluding hydrogens is 429 g/mol. The molecule has 3 aromatic heterocycles. The molecule has 1 atom stereocenters. The van der Waals surface area contributed by atoms with Gasteiger partial charge >= 0.3 is 6.09 Å². The smallest absolute Gasteiger partial charge is 0.413 e. The minimum absolute atomic E-state index is 0.209. The Morgan fingerprint density at radius 3 is 2.67 bits per heavy atom. The lowest BCUT2D eigenvalue weighted by Gasteiger charge is -2.24. The minimum Gasteiger partial charge on any atom is -0.444 e. The van der Waals surface area contributed by atoms with E-state index in [2.05, 4.69) is 25.7 Å². The van der Waals surface area contributed by atoms with Crippen LogP contribution in [0, 0.1) is 5.82 Å². The summed E-state index contributed by atoms with van der Waals surface area (Å²) in [6.07, 6.45) is 2.30. The molecule has 33 heavy (non-hydrogen) atoms. The summed E-state index contributed by atoms with van der Waals surface area (Å²) in [4.78, 5) is 16.3. The lowest BCUT2D eigenvalue weighted by Crippen LogP contribution is -2.29. The second kappa shape index (κ2) is 8.24. The third-order valence-electron chi connectivity index (χ3n) is 5.02. The molecule has 0 radical (unpaired) electrons. The summed E-state index contributed by atoms with van der Waals surface area (Å²) < 4.78 is 22.2. The highest BCUT2D eigenvalue weighted by Crippen LogP contribution is 2.33. The molecule has 0 saturated carbocycles. The molecule has 0 aliphatic carbocycles. The molecule has 172 valence electrons. The van der Waals surface area contributed by atoms with Crippen LogP contribution in [0.2, 0.25) is 0 Å². The first-order valence-corrected chi connectivity index (χ1v) is 10.4. The van der Waals surface area contributed by atoms with Crippen molar-refractivity contribution in [1.29, 1.82) is 0 Å². The van der Waals surface area contributed by atoms with E-state index in [9.17, 15) is 14.3 Å². The van der Waals surface area contributed by atoms with Crippen LogP contribution in [0.3, 0.4) is 0 Å². The summed E-state index contributed by atoms with van der Waals surface area (Å²) in [7, 11) is 0. The molecule has 1 unspecified atom stereocenters. The molecule has 2 N–H and O–H groups in total. The number of amides is 1. The van der Waals surface area contributed by atoms with Crippen molar-refractivity contribution < 1.29 is 19.0 Å². The van der Waals surface area contributed by atoms with E-state index in [4.69, 9.17) is 4.74 Å². The molecule has 0 saturated heterocycles. The first-order chi connectivity index (χ1) is 15.6. The fourth-order valence-electron chi connectivity index (χ4n) is 3.45. The SMILES string of the molecule is CCC(O)(c1cn(-c2ccccc2F)nn1)c1ccc2c(NC(=O)OC(C)(C)C)ncnn12. The van der Waals surface area contributed by atoms with Gasteiger partial charge in [-0.05, 0) is 51.5 Å². The van der Waals surface area contributed by atoms with Crippen LogP contribution >= 0.6 is 0 Å². The van der Waals surface area contributed by atoms with Gasteiger partial charge in [0.05, 0.1) is 11.9 Å². The number of halogens is 1. The van der Waals surface area contributed by atoms with E-state index >= 15 is 0 Å². The van der Waals surface area contributed by atoms with Crippen molar-refractivity contribution in [3.63, 3.8) is 0 Å². The van der Waals surface area contributed by atoms with Crippen molar-refractivity contribution in [2.45, 2.75) is 45.3 Å². The number of carbonyl (C=O) groups excluding carboxylic acids is 1. The van der Waals surface area contributed by atoms with Gasteiger partial charge in [0.2, 0.25) is 0 Å². The van der Waals surface area contributed by atoms with Gasteiger partial charge in [-0.1, -0.05) is 24.3 Å². The average molecular weight is 453 g/mol. The number of carbonyl (C=O) groups is 1. The van der Waals surface area contributed by atoms with E-state index in [0.29, 0.717) is 11.2 Å². The molecule has 4 rings (SSSR count). The number of rotatable bonds is 5. The minimum atomic E-state index is -1.59. The number of anilines is 1. The van der Waals surface area contributed by atoms with E-state index in [-0.39, 0.29) is 23.6 Å². The summed E-state index contributed by atoms with van der Waals surface area (Å²) >= 11 is 0. The van der Waals surface area contributed by atoms with E-state index in [0.717, 1.165) is 0 Å². The maximum Gasteiger partial charge on any atom is 0.413 e. The fourth-order valence-corrected chi connectivity index (χ4v) is 3.45. The number of hydrogen-bond acceptors (Lipinski definition) is 7. The Labute approximate surface area is 189 Å². The van der Waals surface area contributed by atoms with Crippen LogP contribution < -0.4 is 5.32 Å². The molecule has 3 heterocycles. The summed E-state index contributed by atoms with van der Waals surface area (Å²) in [5, 5.41) is 26.5. The molecule has 0 aliphatic heterocycles. The van der Waals surface area contributed by atoms with Crippen LogP contribution in [0.25, 0.3) is 11.2 Å². The zero-order valence-electron chi connectivity index (χ0n) is 18.7. The number of nitrogens with zero attached hydrogens (tertiary/aromatic N) is 6. The third kappa shape index (κ3) is 4.27. The molecule has 1 amide bonds. The van der Waals surface area contributed by atoms with Gasteiger partial charge in [-0.3, -0.25) is 5.32 Å². The van der Waals surface area contributed by atoms with E-state index in [1.165, 1.54) is 27.8 Å². The molecule has 11 heteroatoms. The van der Waals surface area contributed by atoms with E-state index < -0.39 is 23.1 Å². The number of ether oxygens (including phenoxy) is 1. The number of hydrogen-bond donors (Lipinski definition) is 2. The predicted molar refractivity (Wildman–Crippen MR) is 117 cm³/mol. The van der Waals surface area contributed by atoms with Crippen molar-refractivity contribution in [2.75, 3.05) is 5.32 Å². The van der Waals surface area contributed by atoms with Crippen LogP contribution in [0.5, 0.6) is 0 Å². The van der Waals surface area contributed by atoms with Gasteiger partial charge in [0.25, 0.3) is 0 Å². The Morgan fingerprint density at radius 1 is 1.21 bits per heavy atom. The molecule has 0 fully saturated rings.